The van der Waals surface area contributed by atoms with E-state index in [0.29, 0.717) is 0 Å². The number of benzene rings is 2. The molecule has 5 heteroatoms. The van der Waals surface area contributed by atoms with E-state index in [1.54, 1.807) is 0 Å². The second-order valence-electron chi connectivity index (χ2n) is 6.46. The van der Waals surface area contributed by atoms with E-state index in [4.69, 9.17) is 10.7 Å². The fourth-order valence-electron chi connectivity index (χ4n) is 3.30. The Hall–Kier alpha value is -3.08. The minimum absolute atomic E-state index is 0.199. The molecule has 0 aliphatic carbocycles. The summed E-state index contributed by atoms with van der Waals surface area (Å²) in [7, 11) is 0. The molecule has 1 saturated heterocycles. The summed E-state index contributed by atoms with van der Waals surface area (Å²) >= 11 is 0. The summed E-state index contributed by atoms with van der Waals surface area (Å²) in [6, 6.07) is 20.6. The Morgan fingerprint density at radius 1 is 0.808 bits per heavy atom. The zero-order valence-corrected chi connectivity index (χ0v) is 14.5. The first-order valence-electron chi connectivity index (χ1n) is 8.77. The van der Waals surface area contributed by atoms with Crippen LogP contribution in [-0.2, 0) is 0 Å². The fraction of sp³-hybridized carbons (Fsp3) is 0.190. The molecule has 2 heterocycles. The molecular formula is C21H21FN4. The van der Waals surface area contributed by atoms with Gasteiger partial charge in [-0.05, 0) is 48.5 Å². The summed E-state index contributed by atoms with van der Waals surface area (Å²) in [4.78, 5) is 9.38. The Kier molecular flexibility index (Phi) is 4.44. The van der Waals surface area contributed by atoms with Gasteiger partial charge >= 0.3 is 0 Å². The summed E-state index contributed by atoms with van der Waals surface area (Å²) in [6.07, 6.45) is 0. The Balaban J connectivity index is 1.48. The maximum absolute atomic E-state index is 13.1. The van der Waals surface area contributed by atoms with Crippen LogP contribution in [0, 0.1) is 5.82 Å². The Morgan fingerprint density at radius 3 is 2.23 bits per heavy atom. The number of pyridine rings is 1. The van der Waals surface area contributed by atoms with Crippen molar-refractivity contribution < 1.29 is 4.39 Å². The van der Waals surface area contributed by atoms with Crippen LogP contribution in [0.4, 0.5) is 21.6 Å². The molecule has 1 aliphatic rings. The molecule has 2 aromatic carbocycles. The smallest absolute Gasteiger partial charge is 0.129 e. The molecule has 0 unspecified atom stereocenters. The van der Waals surface area contributed by atoms with Crippen molar-refractivity contribution in [2.24, 2.45) is 0 Å². The molecule has 0 amide bonds. The number of rotatable bonds is 3. The van der Waals surface area contributed by atoms with Crippen LogP contribution < -0.4 is 15.5 Å². The number of nitrogens with two attached hydrogens (primary N) is 1. The van der Waals surface area contributed by atoms with E-state index in [-0.39, 0.29) is 5.82 Å². The zero-order valence-electron chi connectivity index (χ0n) is 14.5. The maximum Gasteiger partial charge on any atom is 0.129 e. The van der Waals surface area contributed by atoms with Crippen molar-refractivity contribution in [2.45, 2.75) is 0 Å². The fourth-order valence-corrected chi connectivity index (χ4v) is 3.30. The van der Waals surface area contributed by atoms with Gasteiger partial charge in [-0.1, -0.05) is 18.2 Å². The van der Waals surface area contributed by atoms with Crippen molar-refractivity contribution in [1.82, 2.24) is 4.98 Å². The van der Waals surface area contributed by atoms with Crippen molar-refractivity contribution in [1.29, 1.82) is 0 Å². The van der Waals surface area contributed by atoms with E-state index in [1.807, 2.05) is 54.6 Å². The summed E-state index contributed by atoms with van der Waals surface area (Å²) in [6.45, 7) is 3.53. The lowest BCUT2D eigenvalue weighted by Crippen LogP contribution is -2.46. The zero-order chi connectivity index (χ0) is 17.9. The predicted octanol–water partition coefficient (Wildman–Crippen LogP) is 3.80. The van der Waals surface area contributed by atoms with Crippen LogP contribution in [0.3, 0.4) is 0 Å². The molecule has 2 N–H and O–H groups in total. The lowest BCUT2D eigenvalue weighted by atomic mass is 10.1. The first-order chi connectivity index (χ1) is 12.7. The number of piperazine rings is 1. The summed E-state index contributed by atoms with van der Waals surface area (Å²) < 4.78 is 13.1. The third-order valence-electron chi connectivity index (χ3n) is 4.71. The van der Waals surface area contributed by atoms with Crippen molar-refractivity contribution in [2.75, 3.05) is 41.7 Å². The van der Waals surface area contributed by atoms with Crippen molar-refractivity contribution in [3.05, 3.63) is 72.5 Å². The molecule has 1 aliphatic heterocycles. The molecule has 0 spiro atoms. The highest BCUT2D eigenvalue weighted by atomic mass is 19.1. The second kappa shape index (κ2) is 7.04. The van der Waals surface area contributed by atoms with Gasteiger partial charge < -0.3 is 15.5 Å². The van der Waals surface area contributed by atoms with Gasteiger partial charge in [0.15, 0.2) is 0 Å². The third-order valence-corrected chi connectivity index (χ3v) is 4.71. The number of anilines is 3. The van der Waals surface area contributed by atoms with Gasteiger partial charge in [0.05, 0.1) is 5.69 Å². The van der Waals surface area contributed by atoms with Gasteiger partial charge in [0.25, 0.3) is 0 Å². The number of nitrogen functional groups attached to an aromatic ring is 1. The van der Waals surface area contributed by atoms with Gasteiger partial charge in [0.1, 0.15) is 11.6 Å². The molecule has 26 heavy (non-hydrogen) atoms. The molecule has 4 nitrogen and oxygen atoms in total. The first kappa shape index (κ1) is 16.4. The number of nitrogens with zero attached hydrogens (tertiary/aromatic N) is 3. The van der Waals surface area contributed by atoms with Crippen molar-refractivity contribution in [3.63, 3.8) is 0 Å². The van der Waals surface area contributed by atoms with E-state index in [1.165, 1.54) is 12.1 Å². The van der Waals surface area contributed by atoms with Gasteiger partial charge in [0.2, 0.25) is 0 Å². The van der Waals surface area contributed by atoms with Crippen LogP contribution in [0.15, 0.2) is 66.7 Å². The van der Waals surface area contributed by atoms with Crippen LogP contribution in [-0.4, -0.2) is 31.2 Å². The molecule has 0 bridgehead atoms. The number of hydrogen-bond acceptors (Lipinski definition) is 4. The van der Waals surface area contributed by atoms with E-state index in [0.717, 1.165) is 54.6 Å². The van der Waals surface area contributed by atoms with Gasteiger partial charge in [-0.15, -0.1) is 0 Å². The van der Waals surface area contributed by atoms with Crippen LogP contribution in [0.25, 0.3) is 11.3 Å². The monoisotopic (exact) mass is 348 g/mol. The highest BCUT2D eigenvalue weighted by Gasteiger charge is 2.18. The van der Waals surface area contributed by atoms with Gasteiger partial charge in [-0.25, -0.2) is 9.37 Å². The highest BCUT2D eigenvalue weighted by Crippen LogP contribution is 2.24. The average molecular weight is 348 g/mol. The standard InChI is InChI=1S/C21H21FN4/c22-17-7-9-19(10-8-17)25-11-13-26(14-12-25)21-6-2-5-20(24-21)16-3-1-4-18(23)15-16/h1-10,15H,11-14,23H2. The largest absolute Gasteiger partial charge is 0.399 e. The minimum atomic E-state index is -0.199. The lowest BCUT2D eigenvalue weighted by Gasteiger charge is -2.36. The van der Waals surface area contributed by atoms with E-state index in [9.17, 15) is 4.39 Å². The molecule has 0 atom stereocenters. The molecule has 1 aromatic heterocycles. The normalized spacial score (nSPS) is 14.5. The summed E-state index contributed by atoms with van der Waals surface area (Å²) in [5.41, 5.74) is 9.64. The maximum atomic E-state index is 13.1. The highest BCUT2D eigenvalue weighted by molar-refractivity contribution is 5.65. The Bertz CT molecular complexity index is 887. The van der Waals surface area contributed by atoms with Crippen LogP contribution >= 0.6 is 0 Å². The SMILES string of the molecule is Nc1cccc(-c2cccc(N3CCN(c4ccc(F)cc4)CC3)n2)c1. The van der Waals surface area contributed by atoms with Gasteiger partial charge in [-0.2, -0.15) is 0 Å². The minimum Gasteiger partial charge on any atom is -0.399 e. The topological polar surface area (TPSA) is 45.4 Å². The Labute approximate surface area is 152 Å². The molecule has 0 saturated carbocycles. The molecule has 1 fully saturated rings. The lowest BCUT2D eigenvalue weighted by molar-refractivity contribution is 0.624. The number of hydrogen-bond donors (Lipinski definition) is 1. The molecule has 4 rings (SSSR count). The van der Waals surface area contributed by atoms with Crippen LogP contribution in [0.1, 0.15) is 0 Å². The van der Waals surface area contributed by atoms with E-state index in [2.05, 4.69) is 9.80 Å². The molecule has 3 aromatic rings. The number of halogens is 1. The van der Waals surface area contributed by atoms with E-state index >= 15 is 0 Å². The Morgan fingerprint density at radius 2 is 1.50 bits per heavy atom. The van der Waals surface area contributed by atoms with Gasteiger partial charge in [-0.3, -0.25) is 0 Å². The van der Waals surface area contributed by atoms with E-state index < -0.39 is 0 Å². The summed E-state index contributed by atoms with van der Waals surface area (Å²) in [5, 5.41) is 0. The average Bonchev–Trinajstić information content (AvgIpc) is 2.69. The first-order valence-corrected chi connectivity index (χ1v) is 8.77. The van der Waals surface area contributed by atoms with Crippen LogP contribution in [0.5, 0.6) is 0 Å². The second-order valence-corrected chi connectivity index (χ2v) is 6.46. The van der Waals surface area contributed by atoms with Crippen LogP contribution in [0.2, 0.25) is 0 Å². The van der Waals surface area contributed by atoms with Crippen molar-refractivity contribution >= 4 is 17.2 Å². The molecule has 132 valence electrons. The van der Waals surface area contributed by atoms with Crippen molar-refractivity contribution in [3.8, 4) is 11.3 Å². The number of aromatic nitrogens is 1. The predicted molar refractivity (Wildman–Crippen MR) is 105 cm³/mol. The van der Waals surface area contributed by atoms with Gasteiger partial charge in [0, 0.05) is 43.1 Å². The molecular weight excluding hydrogens is 327 g/mol. The molecule has 0 radical (unpaired) electrons. The quantitative estimate of drug-likeness (QED) is 0.732. The third kappa shape index (κ3) is 3.47. The summed E-state index contributed by atoms with van der Waals surface area (Å²) in [5.74, 6) is 0.777.